The zero-order chi connectivity index (χ0) is 16.9. The molecule has 3 aromatic carbocycles. The fourth-order valence-corrected chi connectivity index (χ4v) is 7.80. The maximum atomic E-state index is 7.58. The van der Waals surface area contributed by atoms with E-state index in [1.54, 1.807) is 7.11 Å². The standard InChI is InChI=1S/C20H20ClO2P/c1-22-17-23-24(21,18-11-5-2-6-12-18,19-13-7-3-8-14-19)20-15-9-4-10-16-20/h2-16H,17H2,1H3. The summed E-state index contributed by atoms with van der Waals surface area (Å²) in [6.45, 7) is 0.111. The molecule has 0 atom stereocenters. The van der Waals surface area contributed by atoms with E-state index < -0.39 is 6.18 Å². The third-order valence-corrected chi connectivity index (χ3v) is 10.4. The number of halogens is 1. The maximum absolute atomic E-state index is 7.58. The molecule has 3 aromatic rings. The van der Waals surface area contributed by atoms with Gasteiger partial charge in [-0.05, 0) is 0 Å². The Morgan fingerprint density at radius 3 is 1.29 bits per heavy atom. The molecular formula is C20H20ClO2P. The Morgan fingerprint density at radius 1 is 0.667 bits per heavy atom. The molecule has 0 fully saturated rings. The Bertz CT molecular complexity index is 679. The normalized spacial score (nSPS) is 13.2. The van der Waals surface area contributed by atoms with E-state index in [0.717, 1.165) is 15.9 Å². The van der Waals surface area contributed by atoms with Crippen LogP contribution in [-0.2, 0) is 9.26 Å². The van der Waals surface area contributed by atoms with Crippen LogP contribution < -0.4 is 15.9 Å². The van der Waals surface area contributed by atoms with Crippen molar-refractivity contribution in [2.75, 3.05) is 13.9 Å². The number of rotatable bonds is 6. The van der Waals surface area contributed by atoms with Gasteiger partial charge < -0.3 is 0 Å². The molecule has 0 spiro atoms. The van der Waals surface area contributed by atoms with Gasteiger partial charge in [-0.1, -0.05) is 0 Å². The van der Waals surface area contributed by atoms with E-state index in [4.69, 9.17) is 20.5 Å². The van der Waals surface area contributed by atoms with Crippen LogP contribution >= 0.6 is 17.4 Å². The van der Waals surface area contributed by atoms with Crippen LogP contribution in [0.2, 0.25) is 0 Å². The van der Waals surface area contributed by atoms with Crippen LogP contribution in [0.25, 0.3) is 0 Å². The fourth-order valence-electron chi connectivity index (χ4n) is 2.91. The van der Waals surface area contributed by atoms with Crippen LogP contribution in [0, 0.1) is 0 Å². The van der Waals surface area contributed by atoms with Crippen molar-refractivity contribution in [3.05, 3.63) is 91.0 Å². The van der Waals surface area contributed by atoms with Gasteiger partial charge in [0, 0.05) is 0 Å². The Balaban J connectivity index is 2.37. The molecule has 0 aliphatic heterocycles. The van der Waals surface area contributed by atoms with E-state index in [0.29, 0.717) is 0 Å². The van der Waals surface area contributed by atoms with Crippen molar-refractivity contribution < 1.29 is 9.26 Å². The van der Waals surface area contributed by atoms with Crippen molar-refractivity contribution in [1.29, 1.82) is 0 Å². The third kappa shape index (κ3) is 2.76. The predicted octanol–water partition coefficient (Wildman–Crippen LogP) is 4.21. The van der Waals surface area contributed by atoms with Gasteiger partial charge in [-0.2, -0.15) is 0 Å². The Morgan fingerprint density at radius 2 is 1.00 bits per heavy atom. The zero-order valence-corrected chi connectivity index (χ0v) is 15.2. The van der Waals surface area contributed by atoms with Gasteiger partial charge in [-0.15, -0.1) is 0 Å². The summed E-state index contributed by atoms with van der Waals surface area (Å²) in [5.41, 5.74) is 0. The quantitative estimate of drug-likeness (QED) is 0.485. The van der Waals surface area contributed by atoms with Crippen LogP contribution in [0.5, 0.6) is 0 Å². The summed E-state index contributed by atoms with van der Waals surface area (Å²) >= 11 is 7.58. The van der Waals surface area contributed by atoms with Crippen molar-refractivity contribution in [1.82, 2.24) is 0 Å². The van der Waals surface area contributed by atoms with E-state index in [-0.39, 0.29) is 6.79 Å². The molecule has 0 saturated carbocycles. The van der Waals surface area contributed by atoms with Gasteiger partial charge in [0.05, 0.1) is 0 Å². The average Bonchev–Trinajstić information content (AvgIpc) is 2.68. The summed E-state index contributed by atoms with van der Waals surface area (Å²) in [4.78, 5) is 0. The van der Waals surface area contributed by atoms with E-state index >= 15 is 0 Å². The Labute approximate surface area is 147 Å². The van der Waals surface area contributed by atoms with Gasteiger partial charge in [-0.25, -0.2) is 0 Å². The second kappa shape index (κ2) is 7.04. The number of benzene rings is 3. The molecule has 0 bridgehead atoms. The van der Waals surface area contributed by atoms with Gasteiger partial charge in [0.25, 0.3) is 0 Å². The van der Waals surface area contributed by atoms with Crippen molar-refractivity contribution in [3.8, 4) is 0 Å². The summed E-state index contributed by atoms with van der Waals surface area (Å²) < 4.78 is 11.7. The summed E-state index contributed by atoms with van der Waals surface area (Å²) in [7, 11) is 1.61. The van der Waals surface area contributed by atoms with E-state index in [2.05, 4.69) is 0 Å². The molecule has 24 heavy (non-hydrogen) atoms. The molecule has 2 nitrogen and oxygen atoms in total. The van der Waals surface area contributed by atoms with Crippen LogP contribution in [0.4, 0.5) is 0 Å². The molecule has 0 amide bonds. The number of hydrogen-bond acceptors (Lipinski definition) is 2. The number of ether oxygens (including phenoxy) is 1. The molecule has 4 heteroatoms. The number of hydrogen-bond donors (Lipinski definition) is 0. The fraction of sp³-hybridized carbons (Fsp3) is 0.100. The first-order valence-corrected chi connectivity index (χ1v) is 10.8. The van der Waals surface area contributed by atoms with Crippen LogP contribution in [0.3, 0.4) is 0 Å². The third-order valence-electron chi connectivity index (χ3n) is 4.07. The molecule has 124 valence electrons. The molecular weight excluding hydrogens is 339 g/mol. The van der Waals surface area contributed by atoms with Gasteiger partial charge in [0.1, 0.15) is 0 Å². The van der Waals surface area contributed by atoms with Gasteiger partial charge in [-0.3, -0.25) is 0 Å². The molecule has 0 saturated heterocycles. The molecule has 0 aromatic heterocycles. The van der Waals surface area contributed by atoms with Gasteiger partial charge >= 0.3 is 147 Å². The molecule has 3 rings (SSSR count). The SMILES string of the molecule is COCOP(Cl)(c1ccccc1)(c1ccccc1)c1ccccc1. The Hall–Kier alpha value is -1.70. The summed E-state index contributed by atoms with van der Waals surface area (Å²) in [6.07, 6.45) is -3.61. The second-order valence-electron chi connectivity index (χ2n) is 5.47. The summed E-state index contributed by atoms with van der Waals surface area (Å²) in [5.74, 6) is 0. The van der Waals surface area contributed by atoms with Gasteiger partial charge in [0.2, 0.25) is 0 Å². The number of methoxy groups -OCH3 is 1. The molecule has 0 unspecified atom stereocenters. The van der Waals surface area contributed by atoms with Crippen molar-refractivity contribution in [2.45, 2.75) is 0 Å². The average molecular weight is 359 g/mol. The van der Waals surface area contributed by atoms with Crippen LogP contribution in [0.15, 0.2) is 91.0 Å². The van der Waals surface area contributed by atoms with Crippen molar-refractivity contribution in [3.63, 3.8) is 0 Å². The topological polar surface area (TPSA) is 18.5 Å². The monoisotopic (exact) mass is 358 g/mol. The van der Waals surface area contributed by atoms with E-state index in [9.17, 15) is 0 Å². The predicted molar refractivity (Wildman–Crippen MR) is 104 cm³/mol. The van der Waals surface area contributed by atoms with Crippen molar-refractivity contribution >= 4 is 33.3 Å². The van der Waals surface area contributed by atoms with Gasteiger partial charge in [0.15, 0.2) is 0 Å². The first-order chi connectivity index (χ1) is 11.7. The minimum absolute atomic E-state index is 0.111. The molecule has 0 radical (unpaired) electrons. The zero-order valence-electron chi connectivity index (χ0n) is 13.5. The molecule has 0 N–H and O–H groups in total. The Kier molecular flexibility index (Phi) is 5.03. The molecule has 0 heterocycles. The van der Waals surface area contributed by atoms with Crippen molar-refractivity contribution in [2.24, 2.45) is 0 Å². The summed E-state index contributed by atoms with van der Waals surface area (Å²) in [5, 5.41) is 2.87. The molecule has 0 aliphatic carbocycles. The van der Waals surface area contributed by atoms with E-state index in [1.807, 2.05) is 91.0 Å². The minimum atomic E-state index is -3.61. The van der Waals surface area contributed by atoms with Crippen LogP contribution in [0.1, 0.15) is 0 Å². The summed E-state index contributed by atoms with van der Waals surface area (Å²) in [6, 6.07) is 30.0. The van der Waals surface area contributed by atoms with Crippen LogP contribution in [-0.4, -0.2) is 13.9 Å². The first-order valence-electron chi connectivity index (χ1n) is 7.74. The van der Waals surface area contributed by atoms with E-state index in [1.165, 1.54) is 0 Å². The molecule has 0 aliphatic rings. The first kappa shape index (κ1) is 17.1. The second-order valence-corrected chi connectivity index (χ2v) is 11.1.